The number of benzene rings is 1. The van der Waals surface area contributed by atoms with Crippen LogP contribution in [-0.4, -0.2) is 23.7 Å². The third kappa shape index (κ3) is 4.60. The van der Waals surface area contributed by atoms with Crippen LogP contribution in [0.3, 0.4) is 0 Å². The van der Waals surface area contributed by atoms with Gasteiger partial charge >= 0.3 is 5.88 Å². The van der Waals surface area contributed by atoms with Crippen molar-refractivity contribution in [1.29, 1.82) is 0 Å². The molecule has 0 unspecified atom stereocenters. The summed E-state index contributed by atoms with van der Waals surface area (Å²) in [6.45, 7) is -0.239. The maximum atomic E-state index is 11.5. The van der Waals surface area contributed by atoms with Gasteiger partial charge in [-0.2, -0.15) is 5.10 Å². The van der Waals surface area contributed by atoms with Crippen LogP contribution in [0.1, 0.15) is 5.76 Å². The second kappa shape index (κ2) is 7.23. The van der Waals surface area contributed by atoms with Gasteiger partial charge < -0.3 is 9.15 Å². The highest BCUT2D eigenvalue weighted by Crippen LogP contribution is 2.15. The van der Waals surface area contributed by atoms with E-state index < -0.39 is 16.7 Å². The molecule has 8 nitrogen and oxygen atoms in total. The van der Waals surface area contributed by atoms with E-state index in [1.54, 1.807) is 24.3 Å². The summed E-state index contributed by atoms with van der Waals surface area (Å²) in [6, 6.07) is 9.07. The molecule has 0 atom stereocenters. The molecule has 2 aromatic rings. The van der Waals surface area contributed by atoms with E-state index in [0.717, 1.165) is 6.21 Å². The fraction of sp³-hybridized carbons (Fsp3) is 0.0769. The van der Waals surface area contributed by atoms with Crippen LogP contribution in [0, 0.1) is 10.1 Å². The predicted molar refractivity (Wildman–Crippen MR) is 78.0 cm³/mol. The zero-order chi connectivity index (χ0) is 15.9. The molecule has 1 aromatic heterocycles. The Bertz CT molecular complexity index is 696. The number of nitro groups is 1. The first kappa shape index (κ1) is 15.5. The lowest BCUT2D eigenvalue weighted by Gasteiger charge is -2.04. The summed E-state index contributed by atoms with van der Waals surface area (Å²) < 4.78 is 10.0. The lowest BCUT2D eigenvalue weighted by molar-refractivity contribution is -0.402. The molecule has 0 aliphatic rings. The Morgan fingerprint density at radius 3 is 2.73 bits per heavy atom. The maximum absolute atomic E-state index is 11.5. The van der Waals surface area contributed by atoms with Crippen molar-refractivity contribution in [3.63, 3.8) is 0 Å². The van der Waals surface area contributed by atoms with Gasteiger partial charge in [0, 0.05) is 5.02 Å². The first-order valence-corrected chi connectivity index (χ1v) is 6.37. The number of carbonyl (C=O) groups excluding carboxylic acids is 1. The summed E-state index contributed by atoms with van der Waals surface area (Å²) >= 11 is 5.72. The number of rotatable bonds is 6. The van der Waals surface area contributed by atoms with E-state index in [9.17, 15) is 14.9 Å². The fourth-order valence-electron chi connectivity index (χ4n) is 1.39. The smallest absolute Gasteiger partial charge is 0.433 e. The van der Waals surface area contributed by atoms with Gasteiger partial charge in [0.1, 0.15) is 10.7 Å². The van der Waals surface area contributed by atoms with Gasteiger partial charge in [0.2, 0.25) is 0 Å². The molecule has 0 spiro atoms. The van der Waals surface area contributed by atoms with Crippen molar-refractivity contribution in [3.05, 3.63) is 57.3 Å². The van der Waals surface area contributed by atoms with Gasteiger partial charge in [-0.15, -0.1) is 0 Å². The lowest BCUT2D eigenvalue weighted by Crippen LogP contribution is -2.24. The van der Waals surface area contributed by atoms with Crippen LogP contribution in [0.25, 0.3) is 0 Å². The number of halogens is 1. The molecule has 0 radical (unpaired) electrons. The summed E-state index contributed by atoms with van der Waals surface area (Å²) in [5.74, 6) is -0.262. The number of hydrazone groups is 1. The molecule has 1 aromatic carbocycles. The van der Waals surface area contributed by atoms with Crippen molar-refractivity contribution in [2.45, 2.75) is 0 Å². The van der Waals surface area contributed by atoms with E-state index in [0.29, 0.717) is 10.8 Å². The second-order valence-corrected chi connectivity index (χ2v) is 4.41. The van der Waals surface area contributed by atoms with Crippen LogP contribution in [0.2, 0.25) is 5.02 Å². The molecular weight excluding hydrogens is 314 g/mol. The summed E-state index contributed by atoms with van der Waals surface area (Å²) in [6.07, 6.45) is 1.15. The number of amides is 1. The van der Waals surface area contributed by atoms with E-state index in [2.05, 4.69) is 10.5 Å². The highest BCUT2D eigenvalue weighted by molar-refractivity contribution is 6.30. The summed E-state index contributed by atoms with van der Waals surface area (Å²) in [4.78, 5) is 21.2. The molecule has 1 heterocycles. The van der Waals surface area contributed by atoms with Crippen molar-refractivity contribution in [2.24, 2.45) is 5.10 Å². The Kier molecular flexibility index (Phi) is 5.10. The van der Waals surface area contributed by atoms with Crippen LogP contribution in [0.4, 0.5) is 5.88 Å². The largest absolute Gasteiger partial charge is 0.484 e. The van der Waals surface area contributed by atoms with Crippen LogP contribution < -0.4 is 10.2 Å². The zero-order valence-corrected chi connectivity index (χ0v) is 11.8. The SMILES string of the molecule is O=C(COc1ccc(Cl)cc1)N/N=C\c1ccc([N+](=O)[O-])o1. The van der Waals surface area contributed by atoms with Gasteiger partial charge in [0.15, 0.2) is 12.4 Å². The van der Waals surface area contributed by atoms with Crippen LogP contribution in [-0.2, 0) is 4.79 Å². The molecule has 1 amide bonds. The number of carbonyl (C=O) groups is 1. The number of hydrogen-bond acceptors (Lipinski definition) is 6. The molecular formula is C13H10ClN3O5. The van der Waals surface area contributed by atoms with Crippen LogP contribution >= 0.6 is 11.6 Å². The molecule has 1 N–H and O–H groups in total. The Hall–Kier alpha value is -2.87. The quantitative estimate of drug-likeness (QED) is 0.499. The molecule has 0 fully saturated rings. The molecule has 0 saturated heterocycles. The molecule has 22 heavy (non-hydrogen) atoms. The van der Waals surface area contributed by atoms with Crippen molar-refractivity contribution >= 4 is 29.6 Å². The van der Waals surface area contributed by atoms with Gasteiger partial charge in [-0.3, -0.25) is 14.9 Å². The molecule has 114 valence electrons. The van der Waals surface area contributed by atoms with Gasteiger partial charge in [-0.25, -0.2) is 5.43 Å². The Labute approximate surface area is 129 Å². The summed E-state index contributed by atoms with van der Waals surface area (Å²) in [7, 11) is 0. The van der Waals surface area contributed by atoms with E-state index in [1.165, 1.54) is 12.1 Å². The monoisotopic (exact) mass is 323 g/mol. The maximum Gasteiger partial charge on any atom is 0.433 e. The number of nitrogens with zero attached hydrogens (tertiary/aromatic N) is 2. The van der Waals surface area contributed by atoms with Crippen LogP contribution in [0.5, 0.6) is 5.75 Å². The Morgan fingerprint density at radius 1 is 1.36 bits per heavy atom. The van der Waals surface area contributed by atoms with Crippen molar-refractivity contribution in [1.82, 2.24) is 5.43 Å². The minimum Gasteiger partial charge on any atom is -0.484 e. The lowest BCUT2D eigenvalue weighted by atomic mass is 10.3. The predicted octanol–water partition coefficient (Wildman–Crippen LogP) is 2.37. The summed E-state index contributed by atoms with van der Waals surface area (Å²) in [5, 5.41) is 14.6. The number of nitrogens with one attached hydrogen (secondary N) is 1. The second-order valence-electron chi connectivity index (χ2n) is 3.97. The molecule has 0 saturated carbocycles. The first-order chi connectivity index (χ1) is 10.5. The standard InChI is InChI=1S/C13H10ClN3O5/c14-9-1-3-10(4-2-9)21-8-12(18)16-15-7-11-5-6-13(22-11)17(19)20/h1-7H,8H2,(H,16,18)/b15-7-. The fourth-order valence-corrected chi connectivity index (χ4v) is 1.52. The highest BCUT2D eigenvalue weighted by atomic mass is 35.5. The topological polar surface area (TPSA) is 107 Å². The molecule has 0 bridgehead atoms. The Morgan fingerprint density at radius 2 is 2.09 bits per heavy atom. The average Bonchev–Trinajstić information content (AvgIpc) is 2.96. The van der Waals surface area contributed by atoms with Gasteiger partial charge in [0.05, 0.1) is 12.3 Å². The van der Waals surface area contributed by atoms with Crippen LogP contribution in [0.15, 0.2) is 45.9 Å². The summed E-state index contributed by atoms with van der Waals surface area (Å²) in [5.41, 5.74) is 2.20. The van der Waals surface area contributed by atoms with Crippen molar-refractivity contribution in [3.8, 4) is 5.75 Å². The van der Waals surface area contributed by atoms with E-state index in [1.807, 2.05) is 0 Å². The third-order valence-electron chi connectivity index (χ3n) is 2.36. The molecule has 0 aliphatic carbocycles. The average molecular weight is 324 g/mol. The molecule has 0 aliphatic heterocycles. The minimum absolute atomic E-state index is 0.144. The normalized spacial score (nSPS) is 10.6. The van der Waals surface area contributed by atoms with Gasteiger partial charge in [-0.05, 0) is 30.3 Å². The van der Waals surface area contributed by atoms with Gasteiger partial charge in [0.25, 0.3) is 5.91 Å². The van der Waals surface area contributed by atoms with Crippen molar-refractivity contribution < 1.29 is 18.9 Å². The number of ether oxygens (including phenoxy) is 1. The van der Waals surface area contributed by atoms with Crippen molar-refractivity contribution in [2.75, 3.05) is 6.61 Å². The third-order valence-corrected chi connectivity index (χ3v) is 2.61. The van der Waals surface area contributed by atoms with E-state index >= 15 is 0 Å². The van der Waals surface area contributed by atoms with Gasteiger partial charge in [-0.1, -0.05) is 11.6 Å². The number of furan rings is 1. The molecule has 2 rings (SSSR count). The minimum atomic E-state index is -0.671. The van der Waals surface area contributed by atoms with E-state index in [-0.39, 0.29) is 12.4 Å². The Balaban J connectivity index is 1.78. The zero-order valence-electron chi connectivity index (χ0n) is 11.1. The first-order valence-electron chi connectivity index (χ1n) is 5.99. The molecule has 9 heteroatoms. The van der Waals surface area contributed by atoms with E-state index in [4.69, 9.17) is 20.8 Å². The highest BCUT2D eigenvalue weighted by Gasteiger charge is 2.10. The number of hydrogen-bond donors (Lipinski definition) is 1.